The van der Waals surface area contributed by atoms with E-state index in [1.54, 1.807) is 17.2 Å². The molecule has 1 saturated heterocycles. The fourth-order valence-corrected chi connectivity index (χ4v) is 4.13. The van der Waals surface area contributed by atoms with Gasteiger partial charge in [0, 0.05) is 30.9 Å². The summed E-state index contributed by atoms with van der Waals surface area (Å²) in [4.78, 5) is 27.0. The maximum absolute atomic E-state index is 12.2. The Morgan fingerprint density at radius 3 is 2.76 bits per heavy atom. The monoisotopic (exact) mass is 441 g/mol. The number of nitrogens with zero attached hydrogens (tertiary/aromatic N) is 6. The fourth-order valence-electron chi connectivity index (χ4n) is 4.13. The van der Waals surface area contributed by atoms with Crippen molar-refractivity contribution in [3.63, 3.8) is 0 Å². The minimum Gasteiger partial charge on any atom is -0.439 e. The lowest BCUT2D eigenvalue weighted by Gasteiger charge is -2.32. The molecule has 1 aliphatic heterocycles. The van der Waals surface area contributed by atoms with Crippen molar-refractivity contribution in [1.82, 2.24) is 29.6 Å². The van der Waals surface area contributed by atoms with E-state index in [0.717, 1.165) is 18.4 Å². The number of nitrogens with two attached hydrogens (primary N) is 1. The summed E-state index contributed by atoms with van der Waals surface area (Å²) in [7, 11) is 0. The lowest BCUT2D eigenvalue weighted by atomic mass is 10.1. The molecule has 1 aromatic carbocycles. The van der Waals surface area contributed by atoms with Crippen LogP contribution < -0.4 is 10.5 Å². The molecule has 4 heterocycles. The van der Waals surface area contributed by atoms with Gasteiger partial charge in [-0.05, 0) is 37.1 Å². The van der Waals surface area contributed by atoms with Crippen molar-refractivity contribution < 1.29 is 9.53 Å². The molecule has 0 bridgehead atoms. The van der Waals surface area contributed by atoms with Crippen LogP contribution in [-0.4, -0.2) is 48.6 Å². The molecule has 9 heteroatoms. The van der Waals surface area contributed by atoms with Crippen molar-refractivity contribution >= 4 is 22.8 Å². The summed E-state index contributed by atoms with van der Waals surface area (Å²) < 4.78 is 7.65. The van der Waals surface area contributed by atoms with Gasteiger partial charge in [-0.2, -0.15) is 5.10 Å². The molecule has 0 unspecified atom stereocenters. The highest BCUT2D eigenvalue weighted by Crippen LogP contribution is 2.34. The minimum atomic E-state index is -0.0799. The van der Waals surface area contributed by atoms with Crippen LogP contribution in [-0.2, 0) is 4.79 Å². The topological polar surface area (TPSA) is 112 Å². The Labute approximate surface area is 190 Å². The van der Waals surface area contributed by atoms with E-state index in [4.69, 9.17) is 15.6 Å². The maximum atomic E-state index is 12.2. The second kappa shape index (κ2) is 8.70. The molecular formula is C24H23N7O2. The van der Waals surface area contributed by atoms with E-state index >= 15 is 0 Å². The van der Waals surface area contributed by atoms with Crippen molar-refractivity contribution in [2.24, 2.45) is 0 Å². The standard InChI is InChI=1S/C24H23N7O2/c1-2-20(32)30-12-6-7-17(14-30)31-24-21(23(25)27-15-28-24)22(29-31)16-10-11-19(26-13-16)33-18-8-4-3-5-9-18/h2-5,8-11,13,15,17H,1,6-7,12,14H2,(H2,25,27,28)/t17-/m1/s1. The first-order chi connectivity index (χ1) is 16.1. The largest absolute Gasteiger partial charge is 0.439 e. The number of amides is 1. The van der Waals surface area contributed by atoms with Gasteiger partial charge in [0.1, 0.15) is 23.6 Å². The first kappa shape index (κ1) is 20.6. The van der Waals surface area contributed by atoms with E-state index in [1.807, 2.05) is 41.1 Å². The van der Waals surface area contributed by atoms with Gasteiger partial charge in [0.2, 0.25) is 11.8 Å². The van der Waals surface area contributed by atoms with E-state index in [-0.39, 0.29) is 11.9 Å². The molecule has 33 heavy (non-hydrogen) atoms. The number of aromatic nitrogens is 5. The van der Waals surface area contributed by atoms with Gasteiger partial charge < -0.3 is 15.4 Å². The van der Waals surface area contributed by atoms with Crippen molar-refractivity contribution in [3.8, 4) is 22.9 Å². The number of pyridine rings is 1. The van der Waals surface area contributed by atoms with Gasteiger partial charge in [-0.3, -0.25) is 4.79 Å². The zero-order valence-corrected chi connectivity index (χ0v) is 18.0. The van der Waals surface area contributed by atoms with Gasteiger partial charge in [-0.1, -0.05) is 24.8 Å². The number of likely N-dealkylation sites (tertiary alicyclic amines) is 1. The number of carbonyl (C=O) groups excluding carboxylic acids is 1. The third kappa shape index (κ3) is 4.00. The smallest absolute Gasteiger partial charge is 0.246 e. The van der Waals surface area contributed by atoms with Gasteiger partial charge in [0.05, 0.1) is 11.4 Å². The zero-order valence-electron chi connectivity index (χ0n) is 18.0. The molecule has 3 aromatic heterocycles. The summed E-state index contributed by atoms with van der Waals surface area (Å²) >= 11 is 0. The number of anilines is 1. The van der Waals surface area contributed by atoms with E-state index in [1.165, 1.54) is 12.4 Å². The van der Waals surface area contributed by atoms with Crippen molar-refractivity contribution in [1.29, 1.82) is 0 Å². The molecule has 9 nitrogen and oxygen atoms in total. The molecule has 1 atom stereocenters. The molecular weight excluding hydrogens is 418 g/mol. The minimum absolute atomic E-state index is 0.0261. The average molecular weight is 441 g/mol. The van der Waals surface area contributed by atoms with Crippen LogP contribution in [0, 0.1) is 0 Å². The summed E-state index contributed by atoms with van der Waals surface area (Å²) in [5.74, 6) is 1.45. The van der Waals surface area contributed by atoms with Crippen LogP contribution in [0.4, 0.5) is 5.82 Å². The number of carbonyl (C=O) groups is 1. The normalized spacial score (nSPS) is 16.0. The Bertz CT molecular complexity index is 1300. The Hall–Kier alpha value is -4.27. The number of ether oxygens (including phenoxy) is 1. The molecule has 2 N–H and O–H groups in total. The highest BCUT2D eigenvalue weighted by atomic mass is 16.5. The number of rotatable bonds is 5. The van der Waals surface area contributed by atoms with Crippen LogP contribution >= 0.6 is 0 Å². The number of fused-ring (bicyclic) bond motifs is 1. The van der Waals surface area contributed by atoms with Crippen LogP contribution in [0.5, 0.6) is 11.6 Å². The summed E-state index contributed by atoms with van der Waals surface area (Å²) in [5, 5.41) is 5.54. The van der Waals surface area contributed by atoms with Gasteiger partial charge in [0.15, 0.2) is 5.65 Å². The fraction of sp³-hybridized carbons (Fsp3) is 0.208. The Morgan fingerprint density at radius 2 is 2.00 bits per heavy atom. The highest BCUT2D eigenvalue weighted by molar-refractivity contribution is 5.98. The lowest BCUT2D eigenvalue weighted by Crippen LogP contribution is -2.40. The van der Waals surface area contributed by atoms with Gasteiger partial charge >= 0.3 is 0 Å². The summed E-state index contributed by atoms with van der Waals surface area (Å²) in [6.45, 7) is 4.84. The van der Waals surface area contributed by atoms with Crippen LogP contribution in [0.15, 0.2) is 67.6 Å². The van der Waals surface area contributed by atoms with Crippen LogP contribution in [0.1, 0.15) is 18.9 Å². The number of nitrogen functional groups attached to an aromatic ring is 1. The van der Waals surface area contributed by atoms with Crippen LogP contribution in [0.2, 0.25) is 0 Å². The average Bonchev–Trinajstić information content (AvgIpc) is 3.26. The quantitative estimate of drug-likeness (QED) is 0.471. The summed E-state index contributed by atoms with van der Waals surface area (Å²) in [6, 6.07) is 13.1. The lowest BCUT2D eigenvalue weighted by molar-refractivity contribution is -0.127. The zero-order chi connectivity index (χ0) is 22.8. The molecule has 5 rings (SSSR count). The van der Waals surface area contributed by atoms with E-state index < -0.39 is 0 Å². The number of hydrogen-bond acceptors (Lipinski definition) is 7. The SMILES string of the molecule is C=CC(=O)N1CCC[C@@H](n2nc(-c3ccc(Oc4ccccc4)nc3)c3c(N)ncnc32)C1. The maximum Gasteiger partial charge on any atom is 0.246 e. The molecule has 0 radical (unpaired) electrons. The molecule has 0 saturated carbocycles. The van der Waals surface area contributed by atoms with E-state index in [0.29, 0.717) is 47.3 Å². The van der Waals surface area contributed by atoms with Gasteiger partial charge in [-0.25, -0.2) is 19.6 Å². The second-order valence-electron chi connectivity index (χ2n) is 7.84. The van der Waals surface area contributed by atoms with Crippen molar-refractivity contribution in [2.45, 2.75) is 18.9 Å². The molecule has 1 amide bonds. The third-order valence-corrected chi connectivity index (χ3v) is 5.72. The molecule has 1 fully saturated rings. The van der Waals surface area contributed by atoms with Crippen molar-refractivity contribution in [2.75, 3.05) is 18.8 Å². The predicted molar refractivity (Wildman–Crippen MR) is 125 cm³/mol. The Balaban J connectivity index is 1.50. The summed E-state index contributed by atoms with van der Waals surface area (Å²) in [5.41, 5.74) is 8.30. The Kier molecular flexibility index (Phi) is 5.43. The van der Waals surface area contributed by atoms with Crippen molar-refractivity contribution in [3.05, 3.63) is 67.6 Å². The summed E-state index contributed by atoms with van der Waals surface area (Å²) in [6.07, 6.45) is 6.23. The molecule has 0 spiro atoms. The molecule has 4 aromatic rings. The number of piperidine rings is 1. The third-order valence-electron chi connectivity index (χ3n) is 5.72. The van der Waals surface area contributed by atoms with Crippen LogP contribution in [0.3, 0.4) is 0 Å². The molecule has 1 aliphatic rings. The first-order valence-corrected chi connectivity index (χ1v) is 10.7. The molecule has 0 aliphatic carbocycles. The van der Waals surface area contributed by atoms with Gasteiger partial charge in [-0.15, -0.1) is 0 Å². The molecule has 166 valence electrons. The second-order valence-corrected chi connectivity index (χ2v) is 7.84. The number of hydrogen-bond donors (Lipinski definition) is 1. The number of benzene rings is 1. The highest BCUT2D eigenvalue weighted by Gasteiger charge is 2.28. The predicted octanol–water partition coefficient (Wildman–Crippen LogP) is 3.61. The number of para-hydroxylation sites is 1. The first-order valence-electron chi connectivity index (χ1n) is 10.7. The van der Waals surface area contributed by atoms with Crippen LogP contribution in [0.25, 0.3) is 22.3 Å². The van der Waals surface area contributed by atoms with E-state index in [9.17, 15) is 4.79 Å². The van der Waals surface area contributed by atoms with E-state index in [2.05, 4.69) is 21.5 Å². The Morgan fingerprint density at radius 1 is 1.15 bits per heavy atom. The van der Waals surface area contributed by atoms with Gasteiger partial charge in [0.25, 0.3) is 0 Å².